The van der Waals surface area contributed by atoms with Crippen molar-refractivity contribution < 1.29 is 18.0 Å². The van der Waals surface area contributed by atoms with Crippen LogP contribution < -0.4 is 5.32 Å². The van der Waals surface area contributed by atoms with E-state index in [0.717, 1.165) is 4.90 Å². The summed E-state index contributed by atoms with van der Waals surface area (Å²) < 4.78 is 36.3. The molecule has 0 saturated carbocycles. The summed E-state index contributed by atoms with van der Waals surface area (Å²) in [6, 6.07) is 0. The van der Waals surface area contributed by atoms with E-state index in [1.807, 2.05) is 6.92 Å². The summed E-state index contributed by atoms with van der Waals surface area (Å²) in [6.45, 7) is 2.27. The van der Waals surface area contributed by atoms with Crippen LogP contribution in [0.3, 0.4) is 0 Å². The summed E-state index contributed by atoms with van der Waals surface area (Å²) >= 11 is 0. The summed E-state index contributed by atoms with van der Waals surface area (Å²) in [5, 5.41) is 3.06. The Bertz CT molecular complexity index is 244. The van der Waals surface area contributed by atoms with Crippen molar-refractivity contribution in [2.75, 3.05) is 20.1 Å². The van der Waals surface area contributed by atoms with Gasteiger partial charge in [0, 0.05) is 18.6 Å². The first-order valence-corrected chi connectivity index (χ1v) is 4.83. The van der Waals surface area contributed by atoms with Crippen LogP contribution in [0.1, 0.15) is 19.8 Å². The molecule has 0 spiro atoms. The number of hydrogen-bond donors (Lipinski definition) is 1. The van der Waals surface area contributed by atoms with E-state index in [2.05, 4.69) is 5.32 Å². The molecule has 0 aliphatic carbocycles. The number of alkyl halides is 3. The van der Waals surface area contributed by atoms with Crippen LogP contribution in [0, 0.1) is 0 Å². The van der Waals surface area contributed by atoms with E-state index in [9.17, 15) is 18.0 Å². The van der Waals surface area contributed by atoms with Gasteiger partial charge in [-0.15, -0.1) is 0 Å². The highest BCUT2D eigenvalue weighted by Gasteiger charge is 2.44. The zero-order valence-corrected chi connectivity index (χ0v) is 8.82. The number of piperidine rings is 1. The maximum Gasteiger partial charge on any atom is 0.471 e. The van der Waals surface area contributed by atoms with Crippen molar-refractivity contribution >= 4 is 5.91 Å². The van der Waals surface area contributed by atoms with E-state index in [1.54, 1.807) is 7.05 Å². The molecule has 1 heterocycles. The molecule has 0 atom stereocenters. The molecule has 88 valence electrons. The average Bonchev–Trinajstić information content (AvgIpc) is 2.17. The van der Waals surface area contributed by atoms with Gasteiger partial charge in [-0.1, -0.05) is 0 Å². The normalized spacial score (nSPS) is 21.5. The van der Waals surface area contributed by atoms with Crippen molar-refractivity contribution in [2.45, 2.75) is 31.5 Å². The van der Waals surface area contributed by atoms with Gasteiger partial charge in [-0.2, -0.15) is 13.2 Å². The summed E-state index contributed by atoms with van der Waals surface area (Å²) in [7, 11) is 1.78. The van der Waals surface area contributed by atoms with Crippen LogP contribution in [0.2, 0.25) is 0 Å². The molecular formula is C9H15F3N2O. The molecule has 1 saturated heterocycles. The maximum atomic E-state index is 12.1. The highest BCUT2D eigenvalue weighted by Crippen LogP contribution is 2.25. The fraction of sp³-hybridized carbons (Fsp3) is 0.889. The van der Waals surface area contributed by atoms with Crippen LogP contribution >= 0.6 is 0 Å². The minimum absolute atomic E-state index is 0.150. The fourth-order valence-corrected chi connectivity index (χ4v) is 1.63. The number of halogens is 3. The SMILES string of the molecule is CNC1(C)CCN(C(=O)C(F)(F)F)CC1. The predicted octanol–water partition coefficient (Wildman–Crippen LogP) is 1.15. The summed E-state index contributed by atoms with van der Waals surface area (Å²) in [5.74, 6) is -1.72. The third-order valence-corrected chi connectivity index (χ3v) is 3.00. The van der Waals surface area contributed by atoms with Gasteiger partial charge in [-0.25, -0.2) is 0 Å². The van der Waals surface area contributed by atoms with E-state index in [-0.39, 0.29) is 18.6 Å². The van der Waals surface area contributed by atoms with Gasteiger partial charge < -0.3 is 10.2 Å². The second-order valence-corrected chi connectivity index (χ2v) is 4.10. The zero-order valence-electron chi connectivity index (χ0n) is 8.82. The number of rotatable bonds is 1. The fourth-order valence-electron chi connectivity index (χ4n) is 1.63. The Morgan fingerprint density at radius 1 is 1.33 bits per heavy atom. The Hall–Kier alpha value is -0.780. The van der Waals surface area contributed by atoms with E-state index in [0.29, 0.717) is 12.8 Å². The first-order valence-electron chi connectivity index (χ1n) is 4.83. The second kappa shape index (κ2) is 4.00. The molecule has 0 unspecified atom stereocenters. The van der Waals surface area contributed by atoms with Gasteiger partial charge >= 0.3 is 12.1 Å². The van der Waals surface area contributed by atoms with E-state index in [4.69, 9.17) is 0 Å². The number of carbonyl (C=O) groups excluding carboxylic acids is 1. The third kappa shape index (κ3) is 2.84. The highest BCUT2D eigenvalue weighted by molar-refractivity contribution is 5.81. The molecule has 0 aromatic carbocycles. The monoisotopic (exact) mass is 224 g/mol. The lowest BCUT2D eigenvalue weighted by Crippen LogP contribution is -2.53. The van der Waals surface area contributed by atoms with Crippen molar-refractivity contribution in [3.63, 3.8) is 0 Å². The summed E-state index contributed by atoms with van der Waals surface area (Å²) in [4.78, 5) is 11.8. The Morgan fingerprint density at radius 2 is 1.80 bits per heavy atom. The molecule has 1 fully saturated rings. The van der Waals surface area contributed by atoms with Gasteiger partial charge in [-0.05, 0) is 26.8 Å². The maximum absolute atomic E-state index is 12.1. The van der Waals surface area contributed by atoms with Crippen molar-refractivity contribution in [1.82, 2.24) is 10.2 Å². The number of amides is 1. The van der Waals surface area contributed by atoms with Crippen LogP contribution in [0.25, 0.3) is 0 Å². The van der Waals surface area contributed by atoms with E-state index < -0.39 is 12.1 Å². The number of nitrogens with one attached hydrogen (secondary N) is 1. The van der Waals surface area contributed by atoms with Gasteiger partial charge in [0.05, 0.1) is 0 Å². The van der Waals surface area contributed by atoms with Crippen molar-refractivity contribution in [3.05, 3.63) is 0 Å². The Morgan fingerprint density at radius 3 is 2.13 bits per heavy atom. The molecule has 1 aliphatic heterocycles. The number of likely N-dealkylation sites (tertiary alicyclic amines) is 1. The van der Waals surface area contributed by atoms with E-state index >= 15 is 0 Å². The van der Waals surface area contributed by atoms with Crippen molar-refractivity contribution in [2.24, 2.45) is 0 Å². The van der Waals surface area contributed by atoms with Crippen molar-refractivity contribution in [3.8, 4) is 0 Å². The molecule has 0 aromatic rings. The Kier molecular flexibility index (Phi) is 3.28. The van der Waals surface area contributed by atoms with Crippen LogP contribution in [0.4, 0.5) is 13.2 Å². The molecule has 0 bridgehead atoms. The van der Waals surface area contributed by atoms with Crippen LogP contribution in [-0.2, 0) is 4.79 Å². The topological polar surface area (TPSA) is 32.3 Å². The lowest BCUT2D eigenvalue weighted by Gasteiger charge is -2.39. The second-order valence-electron chi connectivity index (χ2n) is 4.10. The van der Waals surface area contributed by atoms with Gasteiger partial charge in [-0.3, -0.25) is 4.79 Å². The van der Waals surface area contributed by atoms with E-state index in [1.165, 1.54) is 0 Å². The number of carbonyl (C=O) groups is 1. The smallest absolute Gasteiger partial charge is 0.335 e. The van der Waals surface area contributed by atoms with Crippen LogP contribution in [0.15, 0.2) is 0 Å². The minimum atomic E-state index is -4.74. The molecule has 1 amide bonds. The summed E-state index contributed by atoms with van der Waals surface area (Å²) in [6.07, 6.45) is -3.65. The van der Waals surface area contributed by atoms with Crippen molar-refractivity contribution in [1.29, 1.82) is 0 Å². The standard InChI is InChI=1S/C9H15F3N2O/c1-8(13-2)3-5-14(6-4-8)7(15)9(10,11)12/h13H,3-6H2,1-2H3. The van der Waals surface area contributed by atoms with Gasteiger partial charge in [0.25, 0.3) is 0 Å². The zero-order chi connectivity index (χ0) is 11.7. The molecular weight excluding hydrogens is 209 g/mol. The minimum Gasteiger partial charge on any atom is -0.335 e. The predicted molar refractivity (Wildman–Crippen MR) is 49.3 cm³/mol. The molecule has 1 rings (SSSR count). The quantitative estimate of drug-likeness (QED) is 0.724. The number of hydrogen-bond acceptors (Lipinski definition) is 2. The first kappa shape index (κ1) is 12.3. The molecule has 3 nitrogen and oxygen atoms in total. The van der Waals surface area contributed by atoms with Gasteiger partial charge in [0.1, 0.15) is 0 Å². The molecule has 1 N–H and O–H groups in total. The molecule has 6 heteroatoms. The molecule has 15 heavy (non-hydrogen) atoms. The molecule has 0 radical (unpaired) electrons. The third-order valence-electron chi connectivity index (χ3n) is 3.00. The van der Waals surface area contributed by atoms with Gasteiger partial charge in [0.2, 0.25) is 0 Å². The number of nitrogens with zero attached hydrogens (tertiary/aromatic N) is 1. The lowest BCUT2D eigenvalue weighted by atomic mass is 9.90. The first-order chi connectivity index (χ1) is 6.78. The van der Waals surface area contributed by atoms with Crippen LogP contribution in [0.5, 0.6) is 0 Å². The van der Waals surface area contributed by atoms with Gasteiger partial charge in [0.15, 0.2) is 0 Å². The van der Waals surface area contributed by atoms with Crippen LogP contribution in [-0.4, -0.2) is 42.7 Å². The lowest BCUT2D eigenvalue weighted by molar-refractivity contribution is -0.186. The molecule has 0 aromatic heterocycles. The average molecular weight is 224 g/mol. The highest BCUT2D eigenvalue weighted by atomic mass is 19.4. The molecule has 1 aliphatic rings. The summed E-state index contributed by atoms with van der Waals surface area (Å²) in [5.41, 5.74) is -0.150. The largest absolute Gasteiger partial charge is 0.471 e. The Balaban J connectivity index is 2.55. The Labute approximate surface area is 86.6 Å².